The molecule has 1 amide bonds. The second kappa shape index (κ2) is 52.4. The zero-order valence-electron chi connectivity index (χ0n) is 50.5. The lowest BCUT2D eigenvalue weighted by Crippen LogP contribution is -2.65. The molecule has 2 saturated heterocycles. The number of rotatable bonds is 46. The van der Waals surface area contributed by atoms with E-state index in [1.54, 1.807) is 6.08 Å². The zero-order valence-corrected chi connectivity index (χ0v) is 50.5. The van der Waals surface area contributed by atoms with Crippen LogP contribution in [-0.4, -0.2) is 140 Å². The van der Waals surface area contributed by atoms with Gasteiger partial charge in [0.05, 0.1) is 32.0 Å². The first-order valence-electron chi connectivity index (χ1n) is 31.0. The molecule has 12 unspecified atom stereocenters. The van der Waals surface area contributed by atoms with E-state index >= 15 is 0 Å². The zero-order chi connectivity index (χ0) is 60.9. The Labute approximate surface area is 504 Å². The van der Waals surface area contributed by atoms with E-state index in [0.717, 1.165) is 122 Å². The molecule has 0 aromatic carbocycles. The molecule has 470 valence electrons. The highest BCUT2D eigenvalue weighted by Crippen LogP contribution is 2.30. The van der Waals surface area contributed by atoms with Gasteiger partial charge in [-0.1, -0.05) is 202 Å². The van der Waals surface area contributed by atoms with E-state index in [1.807, 2.05) is 19.1 Å². The number of carbonyl (C=O) groups is 1. The van der Waals surface area contributed by atoms with Crippen molar-refractivity contribution >= 4 is 5.91 Å². The fourth-order valence-corrected chi connectivity index (χ4v) is 8.72. The predicted octanol–water partition coefficient (Wildman–Crippen LogP) is 11.4. The second-order valence-electron chi connectivity index (χ2n) is 20.7. The van der Waals surface area contributed by atoms with Gasteiger partial charge in [0.25, 0.3) is 0 Å². The van der Waals surface area contributed by atoms with Crippen molar-refractivity contribution in [1.29, 1.82) is 0 Å². The lowest BCUT2D eigenvalue weighted by Gasteiger charge is -2.46. The topological polar surface area (TPSA) is 228 Å². The maximum absolute atomic E-state index is 13.2. The van der Waals surface area contributed by atoms with E-state index in [4.69, 9.17) is 18.9 Å². The summed E-state index contributed by atoms with van der Waals surface area (Å²) in [6.07, 6.45) is 67.0. The van der Waals surface area contributed by atoms with E-state index in [1.165, 1.54) is 0 Å². The Morgan fingerprint density at radius 3 is 1.30 bits per heavy atom. The minimum Gasteiger partial charge on any atom is -0.394 e. The maximum atomic E-state index is 13.2. The summed E-state index contributed by atoms with van der Waals surface area (Å²) in [5, 5.41) is 86.7. The van der Waals surface area contributed by atoms with Gasteiger partial charge >= 0.3 is 0 Å². The lowest BCUT2D eigenvalue weighted by atomic mass is 9.97. The van der Waals surface area contributed by atoms with Crippen LogP contribution < -0.4 is 5.32 Å². The number of carbonyl (C=O) groups excluding carboxylic acids is 1. The van der Waals surface area contributed by atoms with Crippen molar-refractivity contribution in [3.8, 4) is 0 Å². The fraction of sp³-hybridized carbons (Fsp3) is 0.557. The Kier molecular flexibility index (Phi) is 46.9. The van der Waals surface area contributed by atoms with Gasteiger partial charge in [0.15, 0.2) is 12.6 Å². The predicted molar refractivity (Wildman–Crippen MR) is 340 cm³/mol. The number of aliphatic hydroxyl groups is 8. The first kappa shape index (κ1) is 75.2. The molecule has 12 atom stereocenters. The molecule has 14 nitrogen and oxygen atoms in total. The van der Waals surface area contributed by atoms with Gasteiger partial charge in [-0.3, -0.25) is 4.79 Å². The van der Waals surface area contributed by atoms with Crippen molar-refractivity contribution < 1.29 is 64.6 Å². The third kappa shape index (κ3) is 36.8. The average molecular weight is 1170 g/mol. The Morgan fingerprint density at radius 2 is 0.845 bits per heavy atom. The summed E-state index contributed by atoms with van der Waals surface area (Å²) >= 11 is 0. The van der Waals surface area contributed by atoms with Crippen LogP contribution in [0.2, 0.25) is 0 Å². The van der Waals surface area contributed by atoms with Gasteiger partial charge in [0, 0.05) is 6.42 Å². The monoisotopic (exact) mass is 1170 g/mol. The number of amides is 1. The second-order valence-corrected chi connectivity index (χ2v) is 20.7. The fourth-order valence-electron chi connectivity index (χ4n) is 8.72. The molecule has 2 fully saturated rings. The number of ether oxygens (including phenoxy) is 4. The highest BCUT2D eigenvalue weighted by Gasteiger charge is 2.51. The van der Waals surface area contributed by atoms with Gasteiger partial charge in [-0.2, -0.15) is 0 Å². The summed E-state index contributed by atoms with van der Waals surface area (Å²) in [5.41, 5.74) is 0. The molecule has 2 heterocycles. The number of hydrogen-bond donors (Lipinski definition) is 9. The summed E-state index contributed by atoms with van der Waals surface area (Å²) in [6, 6.07) is -0.963. The first-order valence-corrected chi connectivity index (χ1v) is 31.0. The highest BCUT2D eigenvalue weighted by atomic mass is 16.7. The van der Waals surface area contributed by atoms with Crippen molar-refractivity contribution in [2.45, 2.75) is 229 Å². The molecule has 2 rings (SSSR count). The van der Waals surface area contributed by atoms with Gasteiger partial charge < -0.3 is 65.1 Å². The van der Waals surface area contributed by atoms with Gasteiger partial charge in [-0.25, -0.2) is 0 Å². The standard InChI is InChI=1S/C70H107NO13/c1-3-5-7-9-11-13-14-15-16-17-18-19-20-21-22-23-24-25-26-27-28-29-30-31-32-33-34-35-36-37-38-39-40-41-42-43-44-46-48-50-52-54-62(75)71-58(59(74)53-51-49-47-45-12-10-8-6-4-2)57-81-69-67(80)65(78)68(61(56-73)83-69)84-70-66(79)64(77)63(76)60(55-72)82-70/h4-7,11-13,15-16,18-19,21-22,24-25,27-28,30-31,33-34,36-37,39-40,42-43,45,51,53,58-61,63-70,72-74,76-80H,3,8-10,14,17,20,23,26,29,32,35,38,41,44,46-50,52,54-57H2,1-2H3,(H,71,75)/b6-4+,7-5-,13-11-,16-15-,19-18-,22-21-,25-24-,28-27-,31-30-,34-33-,37-36-,40-39-,43-42-,45-12+,53-51+. The van der Waals surface area contributed by atoms with Crippen molar-refractivity contribution in [2.75, 3.05) is 19.8 Å². The van der Waals surface area contributed by atoms with Gasteiger partial charge in [0.2, 0.25) is 5.91 Å². The number of unbranched alkanes of at least 4 members (excludes halogenated alkanes) is 6. The summed E-state index contributed by atoms with van der Waals surface area (Å²) in [6.45, 7) is 2.35. The average Bonchev–Trinajstić information content (AvgIpc) is 2.95. The van der Waals surface area contributed by atoms with Crippen molar-refractivity contribution in [3.05, 3.63) is 182 Å². The molecule has 0 aromatic rings. The molecule has 14 heteroatoms. The highest BCUT2D eigenvalue weighted by molar-refractivity contribution is 5.76. The van der Waals surface area contributed by atoms with Crippen molar-refractivity contribution in [2.24, 2.45) is 0 Å². The van der Waals surface area contributed by atoms with E-state index in [-0.39, 0.29) is 18.9 Å². The van der Waals surface area contributed by atoms with Gasteiger partial charge in [0.1, 0.15) is 48.8 Å². The molecule has 0 aromatic heterocycles. The summed E-state index contributed by atoms with van der Waals surface area (Å²) in [7, 11) is 0. The van der Waals surface area contributed by atoms with Crippen LogP contribution in [0.25, 0.3) is 0 Å². The Bertz CT molecular complexity index is 2110. The third-order valence-electron chi connectivity index (χ3n) is 13.6. The summed E-state index contributed by atoms with van der Waals surface area (Å²) in [4.78, 5) is 13.2. The Hall–Kier alpha value is -4.91. The molecule has 0 saturated carbocycles. The number of hydrogen-bond acceptors (Lipinski definition) is 13. The molecule has 0 bridgehead atoms. The van der Waals surface area contributed by atoms with Crippen LogP contribution in [-0.2, 0) is 23.7 Å². The molecule has 2 aliphatic rings. The molecule has 2 aliphatic heterocycles. The van der Waals surface area contributed by atoms with Gasteiger partial charge in [-0.15, -0.1) is 0 Å². The van der Waals surface area contributed by atoms with Crippen LogP contribution in [0.5, 0.6) is 0 Å². The van der Waals surface area contributed by atoms with E-state index < -0.39 is 86.8 Å². The van der Waals surface area contributed by atoms with Gasteiger partial charge in [-0.05, 0) is 129 Å². The third-order valence-corrected chi connectivity index (χ3v) is 13.6. The summed E-state index contributed by atoms with van der Waals surface area (Å²) in [5.74, 6) is -0.291. The molecule has 0 aliphatic carbocycles. The number of allylic oxidation sites excluding steroid dienone is 29. The van der Waals surface area contributed by atoms with Crippen molar-refractivity contribution in [1.82, 2.24) is 5.32 Å². The maximum Gasteiger partial charge on any atom is 0.220 e. The molecule has 0 radical (unpaired) electrons. The Balaban J connectivity index is 1.63. The number of aliphatic hydroxyl groups excluding tert-OH is 8. The van der Waals surface area contributed by atoms with E-state index in [9.17, 15) is 45.6 Å². The molecule has 0 spiro atoms. The van der Waals surface area contributed by atoms with Crippen LogP contribution in [0.1, 0.15) is 155 Å². The Morgan fingerprint density at radius 1 is 0.452 bits per heavy atom. The van der Waals surface area contributed by atoms with Crippen LogP contribution in [0.15, 0.2) is 182 Å². The molecular formula is C70H107NO13. The lowest BCUT2D eigenvalue weighted by molar-refractivity contribution is -0.359. The minimum absolute atomic E-state index is 0.226. The summed E-state index contributed by atoms with van der Waals surface area (Å²) < 4.78 is 22.6. The van der Waals surface area contributed by atoms with Crippen LogP contribution in [0.4, 0.5) is 0 Å². The SMILES string of the molecule is C/C=C/CC/C=C/CC/C=C/C(O)C(COC1OC(CO)C(OC2OC(CO)C(O)C(O)C2O)C(O)C1O)NC(=O)CCCCCC/C=C\C/C=C\C/C=C\C/C=C\C/C=C\C/C=C\C/C=C\C/C=C\C/C=C\C/C=C\C/C=C\C/C=C\CC. The van der Waals surface area contributed by atoms with Crippen LogP contribution in [0, 0.1) is 0 Å². The largest absolute Gasteiger partial charge is 0.394 e. The first-order chi connectivity index (χ1) is 41.1. The number of nitrogens with one attached hydrogen (secondary N) is 1. The normalized spacial score (nSPS) is 25.0. The smallest absolute Gasteiger partial charge is 0.220 e. The van der Waals surface area contributed by atoms with Crippen molar-refractivity contribution in [3.63, 3.8) is 0 Å². The molecular weight excluding hydrogens is 1060 g/mol. The quantitative estimate of drug-likeness (QED) is 0.0204. The molecule has 9 N–H and O–H groups in total. The van der Waals surface area contributed by atoms with E-state index in [2.05, 4.69) is 176 Å². The van der Waals surface area contributed by atoms with Crippen LogP contribution in [0.3, 0.4) is 0 Å². The van der Waals surface area contributed by atoms with E-state index in [0.29, 0.717) is 12.8 Å². The van der Waals surface area contributed by atoms with Crippen LogP contribution >= 0.6 is 0 Å². The molecule has 84 heavy (non-hydrogen) atoms. The minimum atomic E-state index is -1.80.